The Morgan fingerprint density at radius 2 is 1.64 bits per heavy atom. The number of rotatable bonds is 6. The van der Waals surface area contributed by atoms with E-state index in [0.717, 1.165) is 30.8 Å². The van der Waals surface area contributed by atoms with Gasteiger partial charge in [0.05, 0.1) is 0 Å². The van der Waals surface area contributed by atoms with Crippen molar-refractivity contribution in [1.82, 2.24) is 4.98 Å². The van der Waals surface area contributed by atoms with E-state index < -0.39 is 0 Å². The monoisotopic (exact) mass is 340 g/mol. The Balaban J connectivity index is 2.61. The molecule has 1 aromatic carbocycles. The first-order valence-corrected chi connectivity index (χ1v) is 9.25. The largest absolute Gasteiger partial charge is 0.370 e. The topological polar surface area (TPSA) is 36.1 Å². The minimum absolute atomic E-state index is 0.0252. The van der Waals surface area contributed by atoms with E-state index in [1.807, 2.05) is 14.0 Å². The highest BCUT2D eigenvalue weighted by atomic mass is 16.1. The molecule has 0 atom stereocenters. The number of H-pyrrole nitrogens is 1. The van der Waals surface area contributed by atoms with Gasteiger partial charge in [-0.25, -0.2) is 0 Å². The van der Waals surface area contributed by atoms with E-state index in [1.54, 1.807) is 0 Å². The van der Waals surface area contributed by atoms with Crippen molar-refractivity contribution in [3.05, 3.63) is 62.1 Å². The molecule has 3 nitrogen and oxygen atoms in total. The molecule has 1 heterocycles. The number of aromatic nitrogens is 1. The van der Waals surface area contributed by atoms with Crippen LogP contribution in [-0.2, 0) is 12.8 Å². The Morgan fingerprint density at radius 3 is 2.16 bits per heavy atom. The molecule has 2 rings (SSSR count). The van der Waals surface area contributed by atoms with Crippen LogP contribution in [0.1, 0.15) is 54.3 Å². The molecule has 1 N–H and O–H groups in total. The van der Waals surface area contributed by atoms with Crippen molar-refractivity contribution < 1.29 is 0 Å². The average molecular weight is 341 g/mol. The lowest BCUT2D eigenvalue weighted by Crippen LogP contribution is -2.31. The summed E-state index contributed by atoms with van der Waals surface area (Å²) >= 11 is 0. The van der Waals surface area contributed by atoms with Gasteiger partial charge in [0, 0.05) is 25.7 Å². The molecule has 25 heavy (non-hydrogen) atoms. The van der Waals surface area contributed by atoms with Crippen LogP contribution < -0.4 is 10.5 Å². The van der Waals surface area contributed by atoms with Crippen molar-refractivity contribution in [1.29, 1.82) is 0 Å². The lowest BCUT2D eigenvalue weighted by atomic mass is 9.94. The van der Waals surface area contributed by atoms with Gasteiger partial charge in [0.25, 0.3) is 5.56 Å². The van der Waals surface area contributed by atoms with Crippen LogP contribution in [0.3, 0.4) is 0 Å². The van der Waals surface area contributed by atoms with Crippen molar-refractivity contribution in [2.45, 2.75) is 54.4 Å². The predicted octanol–water partition coefficient (Wildman–Crippen LogP) is 4.55. The lowest BCUT2D eigenvalue weighted by Gasteiger charge is -2.26. The van der Waals surface area contributed by atoms with Crippen LogP contribution in [0.5, 0.6) is 0 Å². The molecule has 0 saturated carbocycles. The fourth-order valence-corrected chi connectivity index (χ4v) is 3.90. The van der Waals surface area contributed by atoms with Gasteiger partial charge < -0.3 is 9.88 Å². The van der Waals surface area contributed by atoms with E-state index >= 15 is 0 Å². The molecule has 0 spiro atoms. The molecule has 2 aromatic rings. The van der Waals surface area contributed by atoms with Crippen LogP contribution >= 0.6 is 0 Å². The molecule has 0 bridgehead atoms. The molecule has 136 valence electrons. The Kier molecular flexibility index (Phi) is 6.10. The summed E-state index contributed by atoms with van der Waals surface area (Å²) < 4.78 is 0. The molecule has 0 unspecified atom stereocenters. The molecule has 0 fully saturated rings. The second-order valence-corrected chi connectivity index (χ2v) is 7.69. The summed E-state index contributed by atoms with van der Waals surface area (Å²) in [5, 5.41) is 0. The predicted molar refractivity (Wildman–Crippen MR) is 108 cm³/mol. The van der Waals surface area contributed by atoms with Gasteiger partial charge in [-0.2, -0.15) is 0 Å². The molecule has 0 aliphatic rings. The zero-order chi connectivity index (χ0) is 18.7. The molecular weight excluding hydrogens is 308 g/mol. The van der Waals surface area contributed by atoms with Crippen LogP contribution in [0.15, 0.2) is 23.0 Å². The van der Waals surface area contributed by atoms with E-state index in [0.29, 0.717) is 5.92 Å². The molecule has 1 aromatic heterocycles. The van der Waals surface area contributed by atoms with Crippen LogP contribution in [0.4, 0.5) is 5.69 Å². The number of hydrogen-bond acceptors (Lipinski definition) is 2. The third-order valence-electron chi connectivity index (χ3n) is 4.66. The summed E-state index contributed by atoms with van der Waals surface area (Å²) in [6.45, 7) is 13.7. The molecule has 3 heteroatoms. The van der Waals surface area contributed by atoms with Gasteiger partial charge in [-0.05, 0) is 49.8 Å². The minimum atomic E-state index is 0.0252. The van der Waals surface area contributed by atoms with Gasteiger partial charge in [-0.1, -0.05) is 50.1 Å². The molecule has 0 amide bonds. The van der Waals surface area contributed by atoms with Crippen LogP contribution in [0.2, 0.25) is 0 Å². The third kappa shape index (κ3) is 4.53. The zero-order valence-electron chi connectivity index (χ0n) is 16.8. The maximum Gasteiger partial charge on any atom is 0.271 e. The number of nitrogens with zero attached hydrogens (tertiary/aromatic N) is 1. The van der Waals surface area contributed by atoms with E-state index in [4.69, 9.17) is 0 Å². The van der Waals surface area contributed by atoms with E-state index in [9.17, 15) is 4.79 Å². The Morgan fingerprint density at radius 1 is 1.04 bits per heavy atom. The number of benzene rings is 1. The quantitative estimate of drug-likeness (QED) is 0.838. The molecular formula is C22H32N2O. The fourth-order valence-electron chi connectivity index (χ4n) is 3.90. The van der Waals surface area contributed by atoms with Crippen molar-refractivity contribution in [2.24, 2.45) is 5.92 Å². The van der Waals surface area contributed by atoms with Gasteiger partial charge in [0.15, 0.2) is 0 Å². The Hall–Kier alpha value is -2.03. The number of anilines is 1. The number of hydrogen-bond donors (Lipinski definition) is 1. The summed E-state index contributed by atoms with van der Waals surface area (Å²) in [6, 6.07) is 6.66. The third-order valence-corrected chi connectivity index (χ3v) is 4.66. The number of aromatic amines is 1. The van der Waals surface area contributed by atoms with Crippen molar-refractivity contribution in [3.63, 3.8) is 0 Å². The number of nitrogens with one attached hydrogen (secondary N) is 1. The Labute approximate surface area is 152 Å². The van der Waals surface area contributed by atoms with Crippen LogP contribution in [0, 0.1) is 26.7 Å². The van der Waals surface area contributed by atoms with Gasteiger partial charge in [0.1, 0.15) is 5.69 Å². The van der Waals surface area contributed by atoms with E-state index in [2.05, 4.69) is 62.7 Å². The highest BCUT2D eigenvalue weighted by molar-refractivity contribution is 5.58. The lowest BCUT2D eigenvalue weighted by molar-refractivity contribution is 0.635. The minimum Gasteiger partial charge on any atom is -0.370 e. The maximum absolute atomic E-state index is 12.8. The van der Waals surface area contributed by atoms with Gasteiger partial charge >= 0.3 is 0 Å². The van der Waals surface area contributed by atoms with Crippen molar-refractivity contribution >= 4 is 5.69 Å². The van der Waals surface area contributed by atoms with E-state index in [1.165, 1.54) is 27.8 Å². The Bertz CT molecular complexity index is 782. The molecule has 0 radical (unpaired) electrons. The highest BCUT2D eigenvalue weighted by Gasteiger charge is 2.19. The fraction of sp³-hybridized carbons (Fsp3) is 0.500. The first-order valence-electron chi connectivity index (χ1n) is 9.25. The smallest absolute Gasteiger partial charge is 0.271 e. The zero-order valence-corrected chi connectivity index (χ0v) is 16.8. The summed E-state index contributed by atoms with van der Waals surface area (Å²) in [5.74, 6) is 0.504. The SMILES string of the molecule is CCc1c(C)[nH]c(=O)c(N(C)CC(C)C)c1Cc1cc(C)cc(C)c1. The first-order chi connectivity index (χ1) is 11.7. The van der Waals surface area contributed by atoms with Crippen molar-refractivity contribution in [3.8, 4) is 0 Å². The highest BCUT2D eigenvalue weighted by Crippen LogP contribution is 2.26. The number of aryl methyl sites for hydroxylation is 3. The van der Waals surface area contributed by atoms with Crippen LogP contribution in [-0.4, -0.2) is 18.6 Å². The van der Waals surface area contributed by atoms with Gasteiger partial charge in [-0.3, -0.25) is 4.79 Å². The molecule has 0 aliphatic heterocycles. The molecule has 0 aliphatic carbocycles. The van der Waals surface area contributed by atoms with Gasteiger partial charge in [-0.15, -0.1) is 0 Å². The van der Waals surface area contributed by atoms with E-state index in [-0.39, 0.29) is 5.56 Å². The van der Waals surface area contributed by atoms with Crippen LogP contribution in [0.25, 0.3) is 0 Å². The average Bonchev–Trinajstić information content (AvgIpc) is 2.45. The summed E-state index contributed by atoms with van der Waals surface area (Å²) in [6.07, 6.45) is 1.72. The standard InChI is InChI=1S/C22H32N2O/c1-8-19-17(6)23-22(25)21(24(7)13-14(2)3)20(19)12-18-10-15(4)9-16(5)11-18/h9-11,14H,8,12-13H2,1-7H3,(H,23,25). The van der Waals surface area contributed by atoms with Gasteiger partial charge in [0.2, 0.25) is 0 Å². The normalized spacial score (nSPS) is 11.2. The summed E-state index contributed by atoms with van der Waals surface area (Å²) in [5.41, 5.74) is 8.11. The summed E-state index contributed by atoms with van der Waals surface area (Å²) in [4.78, 5) is 18.0. The number of pyridine rings is 1. The summed E-state index contributed by atoms with van der Waals surface area (Å²) in [7, 11) is 2.03. The molecule has 0 saturated heterocycles. The maximum atomic E-state index is 12.8. The first kappa shape index (κ1) is 19.3. The van der Waals surface area contributed by atoms with Crippen molar-refractivity contribution in [2.75, 3.05) is 18.5 Å². The second-order valence-electron chi connectivity index (χ2n) is 7.69. The second kappa shape index (κ2) is 7.90.